The molecule has 0 spiro atoms. The number of hydrogen-bond acceptors (Lipinski definition) is 4. The van der Waals surface area contributed by atoms with Gasteiger partial charge in [0.25, 0.3) is 5.91 Å². The Hall–Kier alpha value is -2.78. The lowest BCUT2D eigenvalue weighted by Crippen LogP contribution is -2.48. The zero-order valence-electron chi connectivity index (χ0n) is 15.3. The average Bonchev–Trinajstić information content (AvgIpc) is 3.10. The number of aromatic nitrogens is 1. The van der Waals surface area contributed by atoms with Gasteiger partial charge in [0.15, 0.2) is 0 Å². The van der Waals surface area contributed by atoms with E-state index in [9.17, 15) is 10.1 Å². The first-order valence-corrected chi connectivity index (χ1v) is 8.89. The van der Waals surface area contributed by atoms with Crippen molar-refractivity contribution in [3.05, 3.63) is 53.3 Å². The predicted molar refractivity (Wildman–Crippen MR) is 99.0 cm³/mol. The number of methoxy groups -OCH3 is 1. The average molecular weight is 352 g/mol. The monoisotopic (exact) mass is 352 g/mol. The van der Waals surface area contributed by atoms with E-state index < -0.39 is 0 Å². The number of benzene rings is 1. The Balaban J connectivity index is 1.58. The number of nitrogens with zero attached hydrogens (tertiary/aromatic N) is 4. The van der Waals surface area contributed by atoms with Gasteiger partial charge in [0.05, 0.1) is 7.11 Å². The third kappa shape index (κ3) is 3.89. The fourth-order valence-corrected chi connectivity index (χ4v) is 3.32. The largest absolute Gasteiger partial charge is 0.497 e. The molecule has 1 aliphatic heterocycles. The van der Waals surface area contributed by atoms with E-state index in [1.165, 1.54) is 0 Å². The molecule has 1 aromatic heterocycles. The summed E-state index contributed by atoms with van der Waals surface area (Å²) >= 11 is 0. The summed E-state index contributed by atoms with van der Waals surface area (Å²) in [5, 5.41) is 9.17. The Morgan fingerprint density at radius 1 is 1.23 bits per heavy atom. The molecule has 1 aliphatic rings. The molecule has 0 atom stereocenters. The number of carbonyl (C=O) groups is 1. The number of carbonyl (C=O) groups excluding carboxylic acids is 1. The van der Waals surface area contributed by atoms with E-state index in [2.05, 4.69) is 11.0 Å². The number of hydrogen-bond donors (Lipinski definition) is 0. The van der Waals surface area contributed by atoms with Gasteiger partial charge in [-0.15, -0.1) is 0 Å². The maximum atomic E-state index is 12.7. The first-order chi connectivity index (χ1) is 12.6. The lowest BCUT2D eigenvalue weighted by Gasteiger charge is -2.34. The standard InChI is InChI=1S/C20H24N4O2/c1-3-23-15-16(11-18(23)13-21)14-22-7-9-24(10-8-22)20(25)17-5-4-6-19(12-17)26-2/h4-6,11-12,15H,3,7-10,14H2,1-2H3. The van der Waals surface area contributed by atoms with Crippen LogP contribution in [0.4, 0.5) is 0 Å². The van der Waals surface area contributed by atoms with Crippen LogP contribution in [0.15, 0.2) is 36.5 Å². The summed E-state index contributed by atoms with van der Waals surface area (Å²) in [5.41, 5.74) is 2.52. The molecule has 0 aliphatic carbocycles. The summed E-state index contributed by atoms with van der Waals surface area (Å²) < 4.78 is 7.17. The highest BCUT2D eigenvalue weighted by molar-refractivity contribution is 5.94. The number of amides is 1. The summed E-state index contributed by atoms with van der Waals surface area (Å²) in [4.78, 5) is 16.9. The van der Waals surface area contributed by atoms with Crippen molar-refractivity contribution >= 4 is 5.91 Å². The molecule has 1 amide bonds. The van der Waals surface area contributed by atoms with Gasteiger partial charge in [-0.1, -0.05) is 6.07 Å². The Morgan fingerprint density at radius 2 is 2.00 bits per heavy atom. The topological polar surface area (TPSA) is 61.5 Å². The number of rotatable bonds is 5. The van der Waals surface area contributed by atoms with E-state index in [4.69, 9.17) is 4.74 Å². The summed E-state index contributed by atoms with van der Waals surface area (Å²) in [5.74, 6) is 0.746. The van der Waals surface area contributed by atoms with Crippen molar-refractivity contribution in [1.29, 1.82) is 5.26 Å². The summed E-state index contributed by atoms with van der Waals surface area (Å²) in [6.45, 7) is 6.71. The zero-order chi connectivity index (χ0) is 18.5. The molecule has 0 saturated carbocycles. The third-order valence-electron chi connectivity index (χ3n) is 4.79. The molecule has 0 bridgehead atoms. The van der Waals surface area contributed by atoms with Gasteiger partial charge >= 0.3 is 0 Å². The molecular formula is C20H24N4O2. The molecule has 1 fully saturated rings. The molecule has 6 heteroatoms. The normalized spacial score (nSPS) is 14.9. The fraction of sp³-hybridized carbons (Fsp3) is 0.400. The quantitative estimate of drug-likeness (QED) is 0.829. The second-order valence-electron chi connectivity index (χ2n) is 6.43. The van der Waals surface area contributed by atoms with E-state index in [1.807, 2.05) is 46.9 Å². The Morgan fingerprint density at radius 3 is 2.62 bits per heavy atom. The van der Waals surface area contributed by atoms with Crippen LogP contribution in [0.5, 0.6) is 5.75 Å². The van der Waals surface area contributed by atoms with Gasteiger partial charge in [-0.3, -0.25) is 9.69 Å². The Labute approximate surface area is 154 Å². The summed E-state index contributed by atoms with van der Waals surface area (Å²) in [6.07, 6.45) is 2.05. The van der Waals surface area contributed by atoms with E-state index in [0.29, 0.717) is 30.1 Å². The van der Waals surface area contributed by atoms with Gasteiger partial charge in [-0.05, 0) is 36.8 Å². The highest BCUT2D eigenvalue weighted by Gasteiger charge is 2.22. The van der Waals surface area contributed by atoms with Crippen LogP contribution in [0.2, 0.25) is 0 Å². The lowest BCUT2D eigenvalue weighted by molar-refractivity contribution is 0.0628. The maximum Gasteiger partial charge on any atom is 0.254 e. The molecule has 0 radical (unpaired) electrons. The minimum Gasteiger partial charge on any atom is -0.497 e. The summed E-state index contributed by atoms with van der Waals surface area (Å²) in [6, 6.07) is 11.5. The molecule has 2 aromatic rings. The molecule has 3 rings (SSSR count). The van der Waals surface area contributed by atoms with Crippen molar-refractivity contribution in [3.8, 4) is 11.8 Å². The second-order valence-corrected chi connectivity index (χ2v) is 6.43. The van der Waals surface area contributed by atoms with Gasteiger partial charge in [-0.25, -0.2) is 0 Å². The SMILES string of the molecule is CCn1cc(CN2CCN(C(=O)c3cccc(OC)c3)CC2)cc1C#N. The van der Waals surface area contributed by atoms with Crippen molar-refractivity contribution in [2.75, 3.05) is 33.3 Å². The van der Waals surface area contributed by atoms with Crippen molar-refractivity contribution in [2.24, 2.45) is 0 Å². The van der Waals surface area contributed by atoms with Crippen LogP contribution < -0.4 is 4.74 Å². The first kappa shape index (κ1) is 18.0. The van der Waals surface area contributed by atoms with E-state index in [1.54, 1.807) is 13.2 Å². The van der Waals surface area contributed by atoms with E-state index >= 15 is 0 Å². The van der Waals surface area contributed by atoms with Crippen LogP contribution in [-0.2, 0) is 13.1 Å². The molecule has 0 N–H and O–H groups in total. The van der Waals surface area contributed by atoms with E-state index in [0.717, 1.165) is 31.7 Å². The molecule has 0 unspecified atom stereocenters. The van der Waals surface area contributed by atoms with Crippen LogP contribution in [0.3, 0.4) is 0 Å². The number of piperazine rings is 1. The number of aryl methyl sites for hydroxylation is 1. The van der Waals surface area contributed by atoms with Crippen LogP contribution in [-0.4, -0.2) is 53.6 Å². The molecule has 26 heavy (non-hydrogen) atoms. The van der Waals surface area contributed by atoms with Gasteiger partial charge in [-0.2, -0.15) is 5.26 Å². The first-order valence-electron chi connectivity index (χ1n) is 8.89. The van der Waals surface area contributed by atoms with Crippen LogP contribution >= 0.6 is 0 Å². The fourth-order valence-electron chi connectivity index (χ4n) is 3.32. The molecular weight excluding hydrogens is 328 g/mol. The van der Waals surface area contributed by atoms with Crippen LogP contribution in [0.25, 0.3) is 0 Å². The van der Waals surface area contributed by atoms with Crippen molar-refractivity contribution in [3.63, 3.8) is 0 Å². The Bertz CT molecular complexity index is 813. The zero-order valence-corrected chi connectivity index (χ0v) is 15.3. The smallest absolute Gasteiger partial charge is 0.254 e. The van der Waals surface area contributed by atoms with Crippen molar-refractivity contribution < 1.29 is 9.53 Å². The van der Waals surface area contributed by atoms with Crippen LogP contribution in [0, 0.1) is 11.3 Å². The van der Waals surface area contributed by atoms with Crippen molar-refractivity contribution in [1.82, 2.24) is 14.4 Å². The summed E-state index contributed by atoms with van der Waals surface area (Å²) in [7, 11) is 1.60. The van der Waals surface area contributed by atoms with Gasteiger partial charge < -0.3 is 14.2 Å². The maximum absolute atomic E-state index is 12.7. The molecule has 1 aromatic carbocycles. The van der Waals surface area contributed by atoms with Crippen molar-refractivity contribution in [2.45, 2.75) is 20.0 Å². The number of ether oxygens (including phenoxy) is 1. The lowest BCUT2D eigenvalue weighted by atomic mass is 10.1. The third-order valence-corrected chi connectivity index (χ3v) is 4.79. The molecule has 136 valence electrons. The molecule has 6 nitrogen and oxygen atoms in total. The van der Waals surface area contributed by atoms with Gasteiger partial charge in [0, 0.05) is 51.0 Å². The molecule has 1 saturated heterocycles. The Kier molecular flexibility index (Phi) is 5.59. The minimum absolute atomic E-state index is 0.0486. The van der Waals surface area contributed by atoms with Gasteiger partial charge in [0.2, 0.25) is 0 Å². The highest BCUT2D eigenvalue weighted by atomic mass is 16.5. The predicted octanol–water partition coefficient (Wildman–Crippen LogP) is 2.35. The minimum atomic E-state index is 0.0486. The number of nitriles is 1. The van der Waals surface area contributed by atoms with Gasteiger partial charge in [0.1, 0.15) is 17.5 Å². The second kappa shape index (κ2) is 8.07. The molecule has 2 heterocycles. The van der Waals surface area contributed by atoms with E-state index in [-0.39, 0.29) is 5.91 Å². The van der Waals surface area contributed by atoms with Crippen LogP contribution in [0.1, 0.15) is 28.5 Å². The highest BCUT2D eigenvalue weighted by Crippen LogP contribution is 2.17.